The fourth-order valence-electron chi connectivity index (χ4n) is 1.11. The predicted octanol–water partition coefficient (Wildman–Crippen LogP) is 0.664. The van der Waals surface area contributed by atoms with Crippen LogP contribution < -0.4 is 16.2 Å². The number of hydrogen-bond donors (Lipinski definition) is 2. The van der Waals surface area contributed by atoms with Gasteiger partial charge in [-0.15, -0.1) is 0 Å². The lowest BCUT2D eigenvalue weighted by Gasteiger charge is -2.08. The van der Waals surface area contributed by atoms with Gasteiger partial charge < -0.3 is 16.2 Å². The number of nitrogens with two attached hydrogens (primary N) is 2. The Balaban J connectivity index is 2.22. The van der Waals surface area contributed by atoms with Crippen LogP contribution in [0.5, 0.6) is 5.75 Å². The lowest BCUT2D eigenvalue weighted by Crippen LogP contribution is -2.06. The highest BCUT2D eigenvalue weighted by Crippen LogP contribution is 2.29. The number of nitrogens with zero attached hydrogens (tertiary/aromatic N) is 1. The van der Waals surface area contributed by atoms with Gasteiger partial charge >= 0.3 is 0 Å². The van der Waals surface area contributed by atoms with Gasteiger partial charge in [-0.2, -0.15) is 0 Å². The van der Waals surface area contributed by atoms with Gasteiger partial charge in [0.25, 0.3) is 0 Å². The molecule has 1 heterocycles. The van der Waals surface area contributed by atoms with Gasteiger partial charge in [-0.1, -0.05) is 0 Å². The van der Waals surface area contributed by atoms with Gasteiger partial charge in [-0.05, 0) is 12.8 Å². The van der Waals surface area contributed by atoms with Crippen LogP contribution in [0, 0.1) is 0 Å². The van der Waals surface area contributed by atoms with Crippen molar-refractivity contribution in [3.63, 3.8) is 0 Å². The van der Waals surface area contributed by atoms with Crippen molar-refractivity contribution in [1.29, 1.82) is 0 Å². The fraction of sp³-hybridized carbons (Fsp3) is 0.444. The van der Waals surface area contributed by atoms with Crippen molar-refractivity contribution >= 4 is 5.69 Å². The van der Waals surface area contributed by atoms with Crippen LogP contribution in [0.15, 0.2) is 12.3 Å². The van der Waals surface area contributed by atoms with Crippen molar-refractivity contribution in [3.8, 4) is 5.75 Å². The summed E-state index contributed by atoms with van der Waals surface area (Å²) >= 11 is 0. The summed E-state index contributed by atoms with van der Waals surface area (Å²) in [6, 6.07) is 1.79. The molecule has 4 heteroatoms. The molecule has 0 radical (unpaired) electrons. The molecule has 0 unspecified atom stereocenters. The number of nitrogen functional groups attached to an aromatic ring is 1. The van der Waals surface area contributed by atoms with Crippen LogP contribution in [0.3, 0.4) is 0 Å². The largest absolute Gasteiger partial charge is 0.488 e. The molecule has 0 aromatic carbocycles. The van der Waals surface area contributed by atoms with Crippen molar-refractivity contribution < 1.29 is 4.74 Å². The predicted molar refractivity (Wildman–Crippen MR) is 50.2 cm³/mol. The second-order valence-electron chi connectivity index (χ2n) is 3.23. The van der Waals surface area contributed by atoms with E-state index in [-0.39, 0.29) is 0 Å². The molecule has 1 aliphatic carbocycles. The van der Waals surface area contributed by atoms with E-state index in [2.05, 4.69) is 4.98 Å². The molecule has 13 heavy (non-hydrogen) atoms. The van der Waals surface area contributed by atoms with Crippen LogP contribution in [0.2, 0.25) is 0 Å². The summed E-state index contributed by atoms with van der Waals surface area (Å²) in [5.41, 5.74) is 12.5. The van der Waals surface area contributed by atoms with Crippen molar-refractivity contribution in [2.24, 2.45) is 5.73 Å². The van der Waals surface area contributed by atoms with E-state index < -0.39 is 0 Å². The molecule has 0 saturated heterocycles. The standard InChI is InChI=1S/C9H13N3O/c10-4-8-9(13-7-1-2-7)3-6(11)5-12-8/h3,5,7H,1-2,4,10-11H2. The van der Waals surface area contributed by atoms with E-state index in [1.165, 1.54) is 0 Å². The van der Waals surface area contributed by atoms with E-state index in [9.17, 15) is 0 Å². The maximum Gasteiger partial charge on any atom is 0.144 e. The minimum absolute atomic E-state index is 0.355. The first-order valence-corrected chi connectivity index (χ1v) is 4.40. The molecule has 1 aromatic heterocycles. The molecule has 0 bridgehead atoms. The van der Waals surface area contributed by atoms with Crippen molar-refractivity contribution in [2.45, 2.75) is 25.5 Å². The SMILES string of the molecule is NCc1ncc(N)cc1OC1CC1. The highest BCUT2D eigenvalue weighted by Gasteiger charge is 2.24. The molecular weight excluding hydrogens is 166 g/mol. The van der Waals surface area contributed by atoms with Crippen LogP contribution in [0.25, 0.3) is 0 Å². The Bertz CT molecular complexity index is 310. The monoisotopic (exact) mass is 179 g/mol. The minimum atomic E-state index is 0.355. The third-order valence-corrected chi connectivity index (χ3v) is 1.96. The topological polar surface area (TPSA) is 74.2 Å². The molecule has 1 aromatic rings. The van der Waals surface area contributed by atoms with E-state index in [1.807, 2.05) is 0 Å². The second kappa shape index (κ2) is 3.22. The van der Waals surface area contributed by atoms with Crippen molar-refractivity contribution in [2.75, 3.05) is 5.73 Å². The maximum absolute atomic E-state index is 5.61. The average Bonchev–Trinajstić information content (AvgIpc) is 2.89. The van der Waals surface area contributed by atoms with E-state index >= 15 is 0 Å². The fourth-order valence-corrected chi connectivity index (χ4v) is 1.11. The molecule has 0 amide bonds. The number of hydrogen-bond acceptors (Lipinski definition) is 4. The Morgan fingerprint density at radius 2 is 2.31 bits per heavy atom. The first-order chi connectivity index (χ1) is 6.29. The second-order valence-corrected chi connectivity index (χ2v) is 3.23. The van der Waals surface area contributed by atoms with Gasteiger partial charge in [0, 0.05) is 12.6 Å². The zero-order valence-electron chi connectivity index (χ0n) is 7.36. The molecule has 0 spiro atoms. The Labute approximate surface area is 76.9 Å². The quantitative estimate of drug-likeness (QED) is 0.715. The first kappa shape index (κ1) is 8.31. The number of rotatable bonds is 3. The van der Waals surface area contributed by atoms with Crippen LogP contribution in [0.4, 0.5) is 5.69 Å². The zero-order valence-corrected chi connectivity index (χ0v) is 7.36. The van der Waals surface area contributed by atoms with Crippen LogP contribution in [-0.2, 0) is 6.54 Å². The van der Waals surface area contributed by atoms with Crippen molar-refractivity contribution in [3.05, 3.63) is 18.0 Å². The molecule has 1 saturated carbocycles. The first-order valence-electron chi connectivity index (χ1n) is 4.40. The molecule has 0 aliphatic heterocycles. The summed E-state index contributed by atoms with van der Waals surface area (Å²) in [6.45, 7) is 0.391. The lowest BCUT2D eigenvalue weighted by atomic mass is 10.3. The summed E-state index contributed by atoms with van der Waals surface area (Å²) in [5.74, 6) is 0.741. The smallest absolute Gasteiger partial charge is 0.144 e. The van der Waals surface area contributed by atoms with Gasteiger partial charge in [-0.25, -0.2) is 0 Å². The van der Waals surface area contributed by atoms with Crippen LogP contribution in [0.1, 0.15) is 18.5 Å². The molecule has 1 aliphatic rings. The number of ether oxygens (including phenoxy) is 1. The van der Waals surface area contributed by atoms with E-state index in [0.717, 1.165) is 24.3 Å². The Morgan fingerprint density at radius 3 is 2.92 bits per heavy atom. The van der Waals surface area contributed by atoms with Gasteiger partial charge in [0.05, 0.1) is 23.7 Å². The molecular formula is C9H13N3O. The number of aromatic nitrogens is 1. The average molecular weight is 179 g/mol. The van der Waals surface area contributed by atoms with Gasteiger partial charge in [-0.3, -0.25) is 4.98 Å². The van der Waals surface area contributed by atoms with Gasteiger partial charge in [0.15, 0.2) is 0 Å². The third kappa shape index (κ3) is 1.89. The Morgan fingerprint density at radius 1 is 1.54 bits per heavy atom. The third-order valence-electron chi connectivity index (χ3n) is 1.96. The van der Waals surface area contributed by atoms with Crippen LogP contribution in [-0.4, -0.2) is 11.1 Å². The van der Waals surface area contributed by atoms with Crippen molar-refractivity contribution in [1.82, 2.24) is 4.98 Å². The molecule has 4 N–H and O–H groups in total. The summed E-state index contributed by atoms with van der Waals surface area (Å²) in [5, 5.41) is 0. The molecule has 4 nitrogen and oxygen atoms in total. The van der Waals surface area contributed by atoms with Gasteiger partial charge in [0.2, 0.25) is 0 Å². The number of pyridine rings is 1. The highest BCUT2D eigenvalue weighted by molar-refractivity contribution is 5.44. The summed E-state index contributed by atoms with van der Waals surface area (Å²) in [6.07, 6.45) is 4.20. The summed E-state index contributed by atoms with van der Waals surface area (Å²) < 4.78 is 5.61. The summed E-state index contributed by atoms with van der Waals surface area (Å²) in [7, 11) is 0. The molecule has 1 fully saturated rings. The maximum atomic E-state index is 5.61. The normalized spacial score (nSPS) is 15.8. The molecule has 2 rings (SSSR count). The minimum Gasteiger partial charge on any atom is -0.488 e. The van der Waals surface area contributed by atoms with E-state index in [4.69, 9.17) is 16.2 Å². The number of anilines is 1. The summed E-state index contributed by atoms with van der Waals surface area (Å²) in [4.78, 5) is 4.10. The van der Waals surface area contributed by atoms with E-state index in [0.29, 0.717) is 18.3 Å². The Hall–Kier alpha value is -1.29. The Kier molecular flexibility index (Phi) is 2.06. The highest BCUT2D eigenvalue weighted by atomic mass is 16.5. The molecule has 70 valence electrons. The van der Waals surface area contributed by atoms with Crippen LogP contribution >= 0.6 is 0 Å². The lowest BCUT2D eigenvalue weighted by molar-refractivity contribution is 0.298. The molecule has 0 atom stereocenters. The van der Waals surface area contributed by atoms with Gasteiger partial charge in [0.1, 0.15) is 5.75 Å². The zero-order chi connectivity index (χ0) is 9.26. The van der Waals surface area contributed by atoms with E-state index in [1.54, 1.807) is 12.3 Å².